The monoisotopic (exact) mass is 129 g/mol. The van der Waals surface area contributed by atoms with E-state index in [-0.39, 0.29) is 18.2 Å². The van der Waals surface area contributed by atoms with Gasteiger partial charge >= 0.3 is 0 Å². The van der Waals surface area contributed by atoms with E-state index >= 15 is 0 Å². The zero-order chi connectivity index (χ0) is 7.28. The third kappa shape index (κ3) is 2.61. The molecule has 9 heavy (non-hydrogen) atoms. The number of carbonyl (C=O) groups is 1. The smallest absolute Gasteiger partial charge is 0.149 e. The molecular formula is C7H15NO. The maximum Gasteiger partial charge on any atom is 0.149 e. The van der Waals surface area contributed by atoms with Crippen LogP contribution in [0.1, 0.15) is 26.7 Å². The highest BCUT2D eigenvalue weighted by atomic mass is 16.1. The maximum absolute atomic E-state index is 10.8. The molecule has 0 saturated heterocycles. The molecule has 2 heteroatoms. The van der Waals surface area contributed by atoms with Gasteiger partial charge in [-0.1, -0.05) is 13.8 Å². The Hall–Kier alpha value is -0.370. The fourth-order valence-electron chi connectivity index (χ4n) is 0.911. The van der Waals surface area contributed by atoms with Crippen molar-refractivity contribution >= 4 is 5.78 Å². The molecule has 54 valence electrons. The zero-order valence-electron chi connectivity index (χ0n) is 6.18. The summed E-state index contributed by atoms with van der Waals surface area (Å²) in [4.78, 5) is 10.8. The van der Waals surface area contributed by atoms with Gasteiger partial charge in [0.1, 0.15) is 5.78 Å². The minimum Gasteiger partial charge on any atom is -0.324 e. The zero-order valence-corrected chi connectivity index (χ0v) is 6.18. The molecule has 0 radical (unpaired) electrons. The number of carbonyl (C=O) groups excluding carboxylic acids is 1. The summed E-state index contributed by atoms with van der Waals surface area (Å²) in [6, 6.07) is 0. The SMILES string of the molecule is CCC(CC)C(=O)CN. The summed E-state index contributed by atoms with van der Waals surface area (Å²) in [5.74, 6) is 0.398. The molecule has 0 amide bonds. The molecule has 0 aromatic carbocycles. The molecule has 0 aliphatic rings. The van der Waals surface area contributed by atoms with Gasteiger partial charge in [0.05, 0.1) is 6.54 Å². The normalized spacial score (nSPS) is 10.2. The lowest BCUT2D eigenvalue weighted by atomic mass is 9.98. The summed E-state index contributed by atoms with van der Waals surface area (Å²) in [7, 11) is 0. The number of rotatable bonds is 4. The molecule has 2 N–H and O–H groups in total. The van der Waals surface area contributed by atoms with E-state index in [1.165, 1.54) is 0 Å². The van der Waals surface area contributed by atoms with Crippen LogP contribution in [0.3, 0.4) is 0 Å². The van der Waals surface area contributed by atoms with Crippen molar-refractivity contribution in [2.45, 2.75) is 26.7 Å². The molecule has 0 atom stereocenters. The lowest BCUT2D eigenvalue weighted by Crippen LogP contribution is -2.21. The molecule has 0 aromatic heterocycles. The van der Waals surface area contributed by atoms with E-state index in [9.17, 15) is 4.79 Å². The van der Waals surface area contributed by atoms with Crippen molar-refractivity contribution in [3.63, 3.8) is 0 Å². The van der Waals surface area contributed by atoms with E-state index in [1.54, 1.807) is 0 Å². The summed E-state index contributed by atoms with van der Waals surface area (Å²) in [6.07, 6.45) is 1.85. The van der Waals surface area contributed by atoms with Gasteiger partial charge in [0.25, 0.3) is 0 Å². The van der Waals surface area contributed by atoms with Crippen molar-refractivity contribution in [3.8, 4) is 0 Å². The highest BCUT2D eigenvalue weighted by Crippen LogP contribution is 2.06. The van der Waals surface area contributed by atoms with Gasteiger partial charge in [0.2, 0.25) is 0 Å². The Morgan fingerprint density at radius 2 is 1.89 bits per heavy atom. The van der Waals surface area contributed by atoms with Crippen LogP contribution in [0.4, 0.5) is 0 Å². The predicted octanol–water partition coefficient (Wildman–Crippen LogP) is 0.950. The van der Waals surface area contributed by atoms with E-state index in [1.807, 2.05) is 13.8 Å². The molecule has 0 rings (SSSR count). The van der Waals surface area contributed by atoms with Crippen LogP contribution in [0, 0.1) is 5.92 Å². The first-order valence-corrected chi connectivity index (χ1v) is 3.49. The highest BCUT2D eigenvalue weighted by Gasteiger charge is 2.10. The highest BCUT2D eigenvalue weighted by molar-refractivity contribution is 5.82. The van der Waals surface area contributed by atoms with Crippen molar-refractivity contribution in [3.05, 3.63) is 0 Å². The topological polar surface area (TPSA) is 43.1 Å². The molecule has 0 heterocycles. The lowest BCUT2D eigenvalue weighted by molar-refractivity contribution is -0.121. The third-order valence-corrected chi connectivity index (χ3v) is 1.64. The Morgan fingerprint density at radius 1 is 1.44 bits per heavy atom. The van der Waals surface area contributed by atoms with Crippen molar-refractivity contribution in [1.29, 1.82) is 0 Å². The molecule has 0 spiro atoms. The number of hydrogen-bond donors (Lipinski definition) is 1. The van der Waals surface area contributed by atoms with Crippen LogP contribution in [0.15, 0.2) is 0 Å². The van der Waals surface area contributed by atoms with Crippen LogP contribution in [-0.2, 0) is 4.79 Å². The van der Waals surface area contributed by atoms with Crippen LogP contribution in [0.25, 0.3) is 0 Å². The number of nitrogens with two attached hydrogens (primary N) is 1. The first kappa shape index (κ1) is 8.63. The Bertz CT molecular complexity index is 86.9. The lowest BCUT2D eigenvalue weighted by Gasteiger charge is -2.07. The van der Waals surface area contributed by atoms with Crippen LogP contribution in [0.2, 0.25) is 0 Å². The second-order valence-corrected chi connectivity index (χ2v) is 2.18. The maximum atomic E-state index is 10.8. The van der Waals surface area contributed by atoms with Crippen LogP contribution >= 0.6 is 0 Å². The second kappa shape index (κ2) is 4.50. The number of ketones is 1. The quantitative estimate of drug-likeness (QED) is 0.614. The molecule has 0 fully saturated rings. The Balaban J connectivity index is 3.64. The molecule has 0 aliphatic carbocycles. The molecule has 0 aromatic rings. The fraction of sp³-hybridized carbons (Fsp3) is 0.857. The molecular weight excluding hydrogens is 114 g/mol. The van der Waals surface area contributed by atoms with E-state index in [4.69, 9.17) is 5.73 Å². The van der Waals surface area contributed by atoms with Crippen molar-refractivity contribution < 1.29 is 4.79 Å². The minimum absolute atomic E-state index is 0.194. The minimum atomic E-state index is 0.194. The predicted molar refractivity (Wildman–Crippen MR) is 38.1 cm³/mol. The molecule has 0 aliphatic heterocycles. The van der Waals surface area contributed by atoms with E-state index in [0.717, 1.165) is 12.8 Å². The second-order valence-electron chi connectivity index (χ2n) is 2.18. The summed E-state index contributed by atoms with van der Waals surface area (Å²) in [6.45, 7) is 4.23. The van der Waals surface area contributed by atoms with Gasteiger partial charge in [0, 0.05) is 5.92 Å². The van der Waals surface area contributed by atoms with E-state index in [2.05, 4.69) is 0 Å². The van der Waals surface area contributed by atoms with E-state index < -0.39 is 0 Å². The third-order valence-electron chi connectivity index (χ3n) is 1.64. The van der Waals surface area contributed by atoms with Gasteiger partial charge in [-0.2, -0.15) is 0 Å². The first-order chi connectivity index (χ1) is 4.26. The summed E-state index contributed by atoms with van der Waals surface area (Å²) >= 11 is 0. The molecule has 2 nitrogen and oxygen atoms in total. The van der Waals surface area contributed by atoms with Crippen molar-refractivity contribution in [2.75, 3.05) is 6.54 Å². The van der Waals surface area contributed by atoms with Gasteiger partial charge in [-0.3, -0.25) is 4.79 Å². The largest absolute Gasteiger partial charge is 0.324 e. The van der Waals surface area contributed by atoms with Gasteiger partial charge in [-0.25, -0.2) is 0 Å². The summed E-state index contributed by atoms with van der Waals surface area (Å²) < 4.78 is 0. The Labute approximate surface area is 56.4 Å². The Kier molecular flexibility index (Phi) is 4.32. The van der Waals surface area contributed by atoms with Crippen LogP contribution in [0.5, 0.6) is 0 Å². The average Bonchev–Trinajstić information content (AvgIpc) is 1.90. The standard InChI is InChI=1S/C7H15NO/c1-3-6(4-2)7(9)5-8/h6H,3-5,8H2,1-2H3. The summed E-state index contributed by atoms with van der Waals surface area (Å²) in [5, 5.41) is 0. The van der Waals surface area contributed by atoms with E-state index in [0.29, 0.717) is 0 Å². The Morgan fingerprint density at radius 3 is 2.00 bits per heavy atom. The number of Topliss-reactive ketones (excluding diaryl/α,β-unsaturated/α-hetero) is 1. The van der Waals surface area contributed by atoms with Gasteiger partial charge in [0.15, 0.2) is 0 Å². The fourth-order valence-corrected chi connectivity index (χ4v) is 0.911. The average molecular weight is 129 g/mol. The first-order valence-electron chi connectivity index (χ1n) is 3.49. The van der Waals surface area contributed by atoms with Gasteiger partial charge < -0.3 is 5.73 Å². The molecule has 0 saturated carbocycles. The van der Waals surface area contributed by atoms with Gasteiger partial charge in [-0.15, -0.1) is 0 Å². The molecule has 0 unspecified atom stereocenters. The van der Waals surface area contributed by atoms with Crippen LogP contribution in [-0.4, -0.2) is 12.3 Å². The van der Waals surface area contributed by atoms with Crippen LogP contribution < -0.4 is 5.73 Å². The number of hydrogen-bond acceptors (Lipinski definition) is 2. The molecule has 0 bridgehead atoms. The van der Waals surface area contributed by atoms with Crippen molar-refractivity contribution in [2.24, 2.45) is 11.7 Å². The van der Waals surface area contributed by atoms with Crippen molar-refractivity contribution in [1.82, 2.24) is 0 Å². The summed E-state index contributed by atoms with van der Waals surface area (Å²) in [5.41, 5.74) is 5.17. The van der Waals surface area contributed by atoms with Gasteiger partial charge in [-0.05, 0) is 12.8 Å².